The van der Waals surface area contributed by atoms with Crippen LogP contribution in [0, 0.1) is 12.3 Å². The van der Waals surface area contributed by atoms with E-state index in [0.717, 1.165) is 5.56 Å². The van der Waals surface area contributed by atoms with Crippen LogP contribution in [0.5, 0.6) is 6.01 Å². The molecule has 0 amide bonds. The van der Waals surface area contributed by atoms with Gasteiger partial charge in [-0.15, -0.1) is 0 Å². The Morgan fingerprint density at radius 3 is 2.79 bits per heavy atom. The lowest BCUT2D eigenvalue weighted by atomic mass is 10.2. The third-order valence-corrected chi connectivity index (χ3v) is 2.79. The quantitative estimate of drug-likeness (QED) is 0.663. The summed E-state index contributed by atoms with van der Waals surface area (Å²) in [4.78, 5) is 8.18. The van der Waals surface area contributed by atoms with E-state index in [1.165, 1.54) is 0 Å². The highest BCUT2D eigenvalue weighted by Gasteiger charge is 2.07. The molecule has 0 aliphatic heterocycles. The van der Waals surface area contributed by atoms with Crippen LogP contribution in [0.25, 0.3) is 0 Å². The van der Waals surface area contributed by atoms with Crippen molar-refractivity contribution in [1.82, 2.24) is 9.97 Å². The highest BCUT2D eigenvalue weighted by Crippen LogP contribution is 2.17. The number of hydrogen-bond donors (Lipinski definition) is 2. The molecule has 5 nitrogen and oxygen atoms in total. The van der Waals surface area contributed by atoms with Crippen LogP contribution < -0.4 is 10.5 Å². The molecule has 19 heavy (non-hydrogen) atoms. The number of rotatable bonds is 4. The van der Waals surface area contributed by atoms with E-state index < -0.39 is 0 Å². The minimum absolute atomic E-state index is 0.118. The standard InChI is InChI=1S/C13H13ClN4O/c1-8-6-11(12(15)16)18-13(17-8)19-7-9-4-2-3-5-10(9)14/h2-6H,7H2,1H3,(H3,15,16). The van der Waals surface area contributed by atoms with Crippen molar-refractivity contribution in [2.24, 2.45) is 5.73 Å². The molecule has 98 valence electrons. The van der Waals surface area contributed by atoms with E-state index in [1.54, 1.807) is 19.1 Å². The van der Waals surface area contributed by atoms with Gasteiger partial charge in [-0.1, -0.05) is 29.8 Å². The zero-order chi connectivity index (χ0) is 13.8. The first kappa shape index (κ1) is 13.3. The minimum Gasteiger partial charge on any atom is -0.459 e. The van der Waals surface area contributed by atoms with Crippen LogP contribution in [0.15, 0.2) is 30.3 Å². The average molecular weight is 277 g/mol. The molecule has 1 aromatic heterocycles. The predicted molar refractivity (Wildman–Crippen MR) is 73.6 cm³/mol. The Balaban J connectivity index is 2.16. The molecule has 0 bridgehead atoms. The van der Waals surface area contributed by atoms with Gasteiger partial charge in [0.25, 0.3) is 0 Å². The molecule has 6 heteroatoms. The fourth-order valence-electron chi connectivity index (χ4n) is 1.50. The van der Waals surface area contributed by atoms with Gasteiger partial charge < -0.3 is 10.5 Å². The molecule has 0 saturated carbocycles. The second-order valence-corrected chi connectivity index (χ2v) is 4.38. The number of amidine groups is 1. The summed E-state index contributed by atoms with van der Waals surface area (Å²) >= 11 is 6.03. The Hall–Kier alpha value is -2.14. The molecule has 2 aromatic rings. The van der Waals surface area contributed by atoms with Gasteiger partial charge in [-0.05, 0) is 19.1 Å². The van der Waals surface area contributed by atoms with Gasteiger partial charge in [0.05, 0.1) is 0 Å². The monoisotopic (exact) mass is 276 g/mol. The van der Waals surface area contributed by atoms with E-state index in [9.17, 15) is 0 Å². The summed E-state index contributed by atoms with van der Waals surface area (Å²) in [5.41, 5.74) is 7.28. The zero-order valence-electron chi connectivity index (χ0n) is 10.4. The van der Waals surface area contributed by atoms with Crippen molar-refractivity contribution in [2.45, 2.75) is 13.5 Å². The molecule has 0 atom stereocenters. The van der Waals surface area contributed by atoms with E-state index in [0.29, 0.717) is 16.4 Å². The molecule has 0 aliphatic rings. The van der Waals surface area contributed by atoms with Gasteiger partial charge in [0.15, 0.2) is 0 Å². The van der Waals surface area contributed by atoms with E-state index in [4.69, 9.17) is 27.5 Å². The first-order valence-corrected chi connectivity index (χ1v) is 6.00. The van der Waals surface area contributed by atoms with Gasteiger partial charge >= 0.3 is 6.01 Å². The van der Waals surface area contributed by atoms with Crippen LogP contribution >= 0.6 is 11.6 Å². The smallest absolute Gasteiger partial charge is 0.317 e. The Bertz CT molecular complexity index is 615. The number of nitrogens with zero attached hydrogens (tertiary/aromatic N) is 2. The molecule has 1 heterocycles. The van der Waals surface area contributed by atoms with Crippen LogP contribution in [-0.2, 0) is 6.61 Å². The predicted octanol–water partition coefficient (Wildman–Crippen LogP) is 2.30. The first-order valence-electron chi connectivity index (χ1n) is 5.62. The van der Waals surface area contributed by atoms with E-state index in [2.05, 4.69) is 9.97 Å². The lowest BCUT2D eigenvalue weighted by Gasteiger charge is -2.08. The van der Waals surface area contributed by atoms with Crippen molar-refractivity contribution in [2.75, 3.05) is 0 Å². The Kier molecular flexibility index (Phi) is 3.97. The van der Waals surface area contributed by atoms with Crippen LogP contribution in [0.2, 0.25) is 5.02 Å². The molecular formula is C13H13ClN4O. The van der Waals surface area contributed by atoms with Crippen LogP contribution in [-0.4, -0.2) is 15.8 Å². The van der Waals surface area contributed by atoms with Crippen molar-refractivity contribution in [3.05, 3.63) is 52.3 Å². The summed E-state index contributed by atoms with van der Waals surface area (Å²) in [5.74, 6) is -0.118. The van der Waals surface area contributed by atoms with Crippen LogP contribution in [0.3, 0.4) is 0 Å². The molecule has 0 fully saturated rings. The second-order valence-electron chi connectivity index (χ2n) is 3.97. The molecule has 0 saturated heterocycles. The van der Waals surface area contributed by atoms with Crippen molar-refractivity contribution in [3.8, 4) is 6.01 Å². The van der Waals surface area contributed by atoms with E-state index in [1.807, 2.05) is 18.2 Å². The lowest BCUT2D eigenvalue weighted by Crippen LogP contribution is -2.15. The number of nitrogens with one attached hydrogen (secondary N) is 1. The maximum atomic E-state index is 7.37. The number of halogens is 1. The number of benzene rings is 1. The van der Waals surface area contributed by atoms with E-state index >= 15 is 0 Å². The zero-order valence-corrected chi connectivity index (χ0v) is 11.1. The van der Waals surface area contributed by atoms with Crippen molar-refractivity contribution in [1.29, 1.82) is 5.41 Å². The second kappa shape index (κ2) is 5.67. The molecule has 2 rings (SSSR count). The van der Waals surface area contributed by atoms with Gasteiger partial charge in [-0.25, -0.2) is 4.98 Å². The summed E-state index contributed by atoms with van der Waals surface area (Å²) in [6.45, 7) is 2.05. The number of hydrogen-bond acceptors (Lipinski definition) is 4. The van der Waals surface area contributed by atoms with Gasteiger partial charge in [0.2, 0.25) is 0 Å². The van der Waals surface area contributed by atoms with Gasteiger partial charge in [-0.2, -0.15) is 4.98 Å². The van der Waals surface area contributed by atoms with Gasteiger partial charge in [0, 0.05) is 16.3 Å². The summed E-state index contributed by atoms with van der Waals surface area (Å²) in [7, 11) is 0. The lowest BCUT2D eigenvalue weighted by molar-refractivity contribution is 0.280. The normalized spacial score (nSPS) is 10.2. The van der Waals surface area contributed by atoms with E-state index in [-0.39, 0.29) is 18.5 Å². The summed E-state index contributed by atoms with van der Waals surface area (Å²) < 4.78 is 5.49. The Morgan fingerprint density at radius 2 is 2.11 bits per heavy atom. The number of aryl methyl sites for hydroxylation is 1. The molecule has 0 unspecified atom stereocenters. The summed E-state index contributed by atoms with van der Waals surface area (Å²) in [6, 6.07) is 9.20. The van der Waals surface area contributed by atoms with Crippen molar-refractivity contribution in [3.63, 3.8) is 0 Å². The fraction of sp³-hybridized carbons (Fsp3) is 0.154. The SMILES string of the molecule is Cc1cc(C(=N)N)nc(OCc2ccccc2Cl)n1. The Morgan fingerprint density at radius 1 is 1.37 bits per heavy atom. The third kappa shape index (κ3) is 3.42. The summed E-state index contributed by atoms with van der Waals surface area (Å²) in [6.07, 6.45) is 0. The maximum absolute atomic E-state index is 7.37. The highest BCUT2D eigenvalue weighted by atomic mass is 35.5. The molecular weight excluding hydrogens is 264 g/mol. The fourth-order valence-corrected chi connectivity index (χ4v) is 1.69. The van der Waals surface area contributed by atoms with Crippen molar-refractivity contribution >= 4 is 17.4 Å². The number of nitrogens with two attached hydrogens (primary N) is 1. The minimum atomic E-state index is -0.118. The third-order valence-electron chi connectivity index (χ3n) is 2.42. The largest absolute Gasteiger partial charge is 0.459 e. The molecule has 1 aromatic carbocycles. The topological polar surface area (TPSA) is 84.9 Å². The average Bonchev–Trinajstić information content (AvgIpc) is 2.37. The number of ether oxygens (including phenoxy) is 1. The van der Waals surface area contributed by atoms with Crippen molar-refractivity contribution < 1.29 is 4.74 Å². The van der Waals surface area contributed by atoms with Crippen LogP contribution in [0.4, 0.5) is 0 Å². The number of aromatic nitrogens is 2. The first-order chi connectivity index (χ1) is 9.06. The molecule has 0 aliphatic carbocycles. The molecule has 0 radical (unpaired) electrons. The highest BCUT2D eigenvalue weighted by molar-refractivity contribution is 6.31. The van der Waals surface area contributed by atoms with Crippen LogP contribution in [0.1, 0.15) is 17.0 Å². The number of nitrogen functional groups attached to an aromatic ring is 1. The van der Waals surface area contributed by atoms with Gasteiger partial charge in [0.1, 0.15) is 18.1 Å². The summed E-state index contributed by atoms with van der Waals surface area (Å²) in [5, 5.41) is 8.00. The van der Waals surface area contributed by atoms with Gasteiger partial charge in [-0.3, -0.25) is 5.41 Å². The Labute approximate surface area is 115 Å². The molecule has 3 N–H and O–H groups in total. The maximum Gasteiger partial charge on any atom is 0.317 e. The molecule has 0 spiro atoms.